The fourth-order valence-corrected chi connectivity index (χ4v) is 3.63. The maximum Gasteiger partial charge on any atom is 0.249 e. The number of anilines is 1. The SMILES string of the molecule is Cc1ccc(OC2CCN(c3n[nH]c(-n4cnc(-c5ccc(F)cc5F)n4)n3)CC2)cc1. The molecule has 32 heavy (non-hydrogen) atoms. The number of aromatic amines is 1. The molecule has 0 amide bonds. The molecule has 0 unspecified atom stereocenters. The van der Waals surface area contributed by atoms with E-state index in [1.165, 1.54) is 22.6 Å². The lowest BCUT2D eigenvalue weighted by atomic mass is 10.1. The molecule has 8 nitrogen and oxygen atoms in total. The summed E-state index contributed by atoms with van der Waals surface area (Å²) < 4.78 is 34.6. The van der Waals surface area contributed by atoms with Gasteiger partial charge in [-0.3, -0.25) is 0 Å². The Labute approximate surface area is 182 Å². The van der Waals surface area contributed by atoms with Crippen molar-refractivity contribution in [1.82, 2.24) is 29.9 Å². The first-order valence-corrected chi connectivity index (χ1v) is 10.3. The molecule has 0 bridgehead atoms. The monoisotopic (exact) mass is 437 g/mol. The lowest BCUT2D eigenvalue weighted by molar-refractivity contribution is 0.170. The molecule has 4 aromatic rings. The Kier molecular flexibility index (Phi) is 5.26. The number of hydrogen-bond donors (Lipinski definition) is 1. The van der Waals surface area contributed by atoms with Gasteiger partial charge < -0.3 is 9.64 Å². The molecule has 3 heterocycles. The molecule has 0 aliphatic carbocycles. The van der Waals surface area contributed by atoms with Crippen LogP contribution >= 0.6 is 0 Å². The van der Waals surface area contributed by atoms with E-state index in [-0.39, 0.29) is 17.5 Å². The molecule has 1 N–H and O–H groups in total. The zero-order valence-corrected chi connectivity index (χ0v) is 17.4. The molecule has 2 aromatic carbocycles. The number of H-pyrrole nitrogens is 1. The van der Waals surface area contributed by atoms with Crippen LogP contribution in [0, 0.1) is 18.6 Å². The van der Waals surface area contributed by atoms with Crippen LogP contribution in [0.25, 0.3) is 17.3 Å². The van der Waals surface area contributed by atoms with Gasteiger partial charge >= 0.3 is 0 Å². The van der Waals surface area contributed by atoms with Gasteiger partial charge in [-0.1, -0.05) is 17.7 Å². The Bertz CT molecular complexity index is 1210. The number of aryl methyl sites for hydroxylation is 1. The number of hydrogen-bond acceptors (Lipinski definition) is 6. The van der Waals surface area contributed by atoms with Crippen molar-refractivity contribution in [3.63, 3.8) is 0 Å². The van der Waals surface area contributed by atoms with Gasteiger partial charge in [0, 0.05) is 32.0 Å². The zero-order valence-electron chi connectivity index (χ0n) is 17.4. The molecular weight excluding hydrogens is 416 g/mol. The van der Waals surface area contributed by atoms with E-state index in [0.717, 1.165) is 43.8 Å². The summed E-state index contributed by atoms with van der Waals surface area (Å²) in [4.78, 5) is 10.7. The summed E-state index contributed by atoms with van der Waals surface area (Å²) >= 11 is 0. The standard InChI is InChI=1S/C22H21F2N7O/c1-14-2-5-16(6-3-14)32-17-8-10-30(11-9-17)21-26-22(28-27-21)31-13-25-20(29-31)18-7-4-15(23)12-19(18)24/h2-7,12-13,17H,8-11H2,1H3,(H,26,27,28). The van der Waals surface area contributed by atoms with Gasteiger partial charge in [-0.15, -0.1) is 10.2 Å². The Hall–Kier alpha value is -3.82. The highest BCUT2D eigenvalue weighted by Crippen LogP contribution is 2.23. The molecule has 164 valence electrons. The Balaban J connectivity index is 1.23. The first-order valence-electron chi connectivity index (χ1n) is 10.3. The van der Waals surface area contributed by atoms with Crippen LogP contribution in [0.3, 0.4) is 0 Å². The van der Waals surface area contributed by atoms with Crippen molar-refractivity contribution in [3.05, 3.63) is 66.0 Å². The van der Waals surface area contributed by atoms with Gasteiger partial charge in [-0.2, -0.15) is 9.67 Å². The third-order valence-corrected chi connectivity index (χ3v) is 5.39. The van der Waals surface area contributed by atoms with Crippen LogP contribution in [-0.2, 0) is 0 Å². The molecule has 2 aromatic heterocycles. The molecule has 10 heteroatoms. The van der Waals surface area contributed by atoms with Gasteiger partial charge in [-0.25, -0.2) is 18.9 Å². The van der Waals surface area contributed by atoms with Gasteiger partial charge in [0.1, 0.15) is 29.8 Å². The van der Waals surface area contributed by atoms with Gasteiger partial charge in [-0.05, 0) is 31.2 Å². The fraction of sp³-hybridized carbons (Fsp3) is 0.273. The number of nitrogens with zero attached hydrogens (tertiary/aromatic N) is 6. The highest BCUT2D eigenvalue weighted by molar-refractivity contribution is 5.55. The Morgan fingerprint density at radius 2 is 1.84 bits per heavy atom. The molecule has 1 aliphatic heterocycles. The Morgan fingerprint density at radius 1 is 1.06 bits per heavy atom. The van der Waals surface area contributed by atoms with Crippen LogP contribution in [0.1, 0.15) is 18.4 Å². The van der Waals surface area contributed by atoms with Crippen LogP contribution in [0.15, 0.2) is 48.8 Å². The number of ether oxygens (including phenoxy) is 1. The molecule has 0 spiro atoms. The normalized spacial score (nSPS) is 14.7. The lowest BCUT2D eigenvalue weighted by Crippen LogP contribution is -2.38. The van der Waals surface area contributed by atoms with Crippen LogP contribution < -0.4 is 9.64 Å². The van der Waals surface area contributed by atoms with E-state index in [0.29, 0.717) is 11.9 Å². The summed E-state index contributed by atoms with van der Waals surface area (Å²) in [6, 6.07) is 11.3. The van der Waals surface area contributed by atoms with Crippen molar-refractivity contribution < 1.29 is 13.5 Å². The zero-order chi connectivity index (χ0) is 22.1. The van der Waals surface area contributed by atoms with E-state index in [9.17, 15) is 8.78 Å². The van der Waals surface area contributed by atoms with E-state index >= 15 is 0 Å². The molecule has 1 aliphatic rings. The third-order valence-electron chi connectivity index (χ3n) is 5.39. The predicted octanol–water partition coefficient (Wildman–Crippen LogP) is 3.69. The highest BCUT2D eigenvalue weighted by atomic mass is 19.1. The van der Waals surface area contributed by atoms with E-state index < -0.39 is 11.6 Å². The third kappa shape index (κ3) is 4.16. The number of nitrogens with one attached hydrogen (secondary N) is 1. The van der Waals surface area contributed by atoms with Gasteiger partial charge in [0.15, 0.2) is 5.82 Å². The first-order chi connectivity index (χ1) is 15.5. The topological polar surface area (TPSA) is 84.8 Å². The largest absolute Gasteiger partial charge is 0.490 e. The maximum absolute atomic E-state index is 14.0. The minimum absolute atomic E-state index is 0.112. The van der Waals surface area contributed by atoms with E-state index in [1.807, 2.05) is 24.3 Å². The van der Waals surface area contributed by atoms with Crippen molar-refractivity contribution in [2.45, 2.75) is 25.9 Å². The summed E-state index contributed by atoms with van der Waals surface area (Å²) in [5.41, 5.74) is 1.32. The second-order valence-electron chi connectivity index (χ2n) is 7.71. The van der Waals surface area contributed by atoms with Crippen molar-refractivity contribution >= 4 is 5.95 Å². The summed E-state index contributed by atoms with van der Waals surface area (Å²) in [5.74, 6) is 0.553. The minimum Gasteiger partial charge on any atom is -0.490 e. The average Bonchev–Trinajstić information content (AvgIpc) is 3.46. The average molecular weight is 437 g/mol. The van der Waals surface area contributed by atoms with Crippen LogP contribution in [0.4, 0.5) is 14.7 Å². The van der Waals surface area contributed by atoms with E-state index in [2.05, 4.69) is 37.1 Å². The molecule has 0 saturated carbocycles. The van der Waals surface area contributed by atoms with Crippen LogP contribution in [-0.4, -0.2) is 49.1 Å². The van der Waals surface area contributed by atoms with Crippen LogP contribution in [0.2, 0.25) is 0 Å². The number of halogens is 2. The van der Waals surface area contributed by atoms with Crippen molar-refractivity contribution in [3.8, 4) is 23.1 Å². The molecule has 0 radical (unpaired) electrons. The van der Waals surface area contributed by atoms with Gasteiger partial charge in [0.05, 0.1) is 5.56 Å². The number of rotatable bonds is 5. The summed E-state index contributed by atoms with van der Waals surface area (Å²) in [6.45, 7) is 3.57. The Morgan fingerprint density at radius 3 is 2.59 bits per heavy atom. The summed E-state index contributed by atoms with van der Waals surface area (Å²) in [5, 5.41) is 11.4. The van der Waals surface area contributed by atoms with Crippen molar-refractivity contribution in [2.24, 2.45) is 0 Å². The van der Waals surface area contributed by atoms with Crippen molar-refractivity contribution in [2.75, 3.05) is 18.0 Å². The predicted molar refractivity (Wildman–Crippen MR) is 114 cm³/mol. The molecular formula is C22H21F2N7O. The van der Waals surface area contributed by atoms with Crippen molar-refractivity contribution in [1.29, 1.82) is 0 Å². The maximum atomic E-state index is 14.0. The molecule has 1 fully saturated rings. The smallest absolute Gasteiger partial charge is 0.249 e. The van der Waals surface area contributed by atoms with E-state index in [4.69, 9.17) is 4.74 Å². The van der Waals surface area contributed by atoms with Crippen LogP contribution in [0.5, 0.6) is 5.75 Å². The fourth-order valence-electron chi connectivity index (χ4n) is 3.63. The highest BCUT2D eigenvalue weighted by Gasteiger charge is 2.23. The summed E-state index contributed by atoms with van der Waals surface area (Å²) in [6.07, 6.45) is 3.27. The molecule has 1 saturated heterocycles. The van der Waals surface area contributed by atoms with Gasteiger partial charge in [0.2, 0.25) is 11.9 Å². The quantitative estimate of drug-likeness (QED) is 0.513. The number of piperidine rings is 1. The van der Waals surface area contributed by atoms with E-state index in [1.54, 1.807) is 0 Å². The second-order valence-corrected chi connectivity index (χ2v) is 7.71. The number of aromatic nitrogens is 6. The molecule has 0 atom stereocenters. The number of benzene rings is 2. The first kappa shape index (κ1) is 20.1. The minimum atomic E-state index is -0.725. The second kappa shape index (κ2) is 8.37. The molecule has 5 rings (SSSR count). The van der Waals surface area contributed by atoms with Gasteiger partial charge in [0.25, 0.3) is 0 Å². The lowest BCUT2D eigenvalue weighted by Gasteiger charge is -2.31. The summed E-state index contributed by atoms with van der Waals surface area (Å²) in [7, 11) is 0.